The third-order valence-corrected chi connectivity index (χ3v) is 6.34. The van der Waals surface area contributed by atoms with Gasteiger partial charge in [-0.15, -0.1) is 5.10 Å². The maximum absolute atomic E-state index is 12.8. The molecule has 0 N–H and O–H groups in total. The molecule has 2 aromatic rings. The molecule has 0 amide bonds. The van der Waals surface area contributed by atoms with Crippen molar-refractivity contribution in [3.8, 4) is 0 Å². The molecule has 1 aliphatic heterocycles. The van der Waals surface area contributed by atoms with Gasteiger partial charge >= 0.3 is 6.18 Å². The number of alkyl halides is 3. The summed E-state index contributed by atoms with van der Waals surface area (Å²) in [6, 6.07) is 4.90. The average Bonchev–Trinajstić information content (AvgIpc) is 3.11. The van der Waals surface area contributed by atoms with Crippen LogP contribution in [0.15, 0.2) is 30.5 Å². The van der Waals surface area contributed by atoms with Crippen molar-refractivity contribution in [1.29, 1.82) is 0 Å². The second kappa shape index (κ2) is 7.21. The van der Waals surface area contributed by atoms with Gasteiger partial charge in [0, 0.05) is 12.6 Å². The molecule has 0 spiro atoms. The fourth-order valence-corrected chi connectivity index (χ4v) is 4.76. The molecule has 1 aromatic carbocycles. The first-order valence-corrected chi connectivity index (χ1v) is 9.85. The molecular formula is C16H20F3N5O2S. The molecule has 0 saturated carbocycles. The number of hydrogen-bond donors (Lipinski definition) is 0. The Bertz CT molecular complexity index is 911. The third-order valence-electron chi connectivity index (χ3n) is 4.46. The summed E-state index contributed by atoms with van der Waals surface area (Å²) in [7, 11) is 0.295. The Kier molecular flexibility index (Phi) is 5.28. The minimum absolute atomic E-state index is 0.0539. The summed E-state index contributed by atoms with van der Waals surface area (Å²) in [5, 5.41) is 7.85. The van der Waals surface area contributed by atoms with Gasteiger partial charge in [-0.2, -0.15) is 17.5 Å². The van der Waals surface area contributed by atoms with Crippen LogP contribution in [0.2, 0.25) is 0 Å². The van der Waals surface area contributed by atoms with Gasteiger partial charge in [-0.3, -0.25) is 0 Å². The molecule has 27 heavy (non-hydrogen) atoms. The lowest BCUT2D eigenvalue weighted by atomic mass is 10.1. The standard InChI is InChI=1S/C16H20F3N5O2S/c1-22(2)15-10-24(27(25,26)11-15)9-14-8-23(21-20-14)7-12-4-3-5-13(6-12)16(17,18)19/h3-6,8,15H,7,9-11H2,1-2H3. The molecular weight excluding hydrogens is 383 g/mol. The number of sulfonamides is 1. The molecule has 2 heterocycles. The molecule has 7 nitrogen and oxygen atoms in total. The molecule has 3 rings (SSSR count). The Balaban J connectivity index is 1.69. The lowest BCUT2D eigenvalue weighted by molar-refractivity contribution is -0.137. The van der Waals surface area contributed by atoms with E-state index in [1.165, 1.54) is 15.1 Å². The smallest absolute Gasteiger partial charge is 0.304 e. The highest BCUT2D eigenvalue weighted by molar-refractivity contribution is 7.89. The number of rotatable bonds is 5. The number of hydrogen-bond acceptors (Lipinski definition) is 5. The second-order valence-electron chi connectivity index (χ2n) is 6.79. The third kappa shape index (κ3) is 4.66. The van der Waals surface area contributed by atoms with Gasteiger partial charge in [0.1, 0.15) is 0 Å². The SMILES string of the molecule is CN(C)C1CN(Cc2cn(Cc3cccc(C(F)(F)F)c3)nn2)S(=O)(=O)C1. The Morgan fingerprint density at radius 3 is 2.63 bits per heavy atom. The van der Waals surface area contributed by atoms with Crippen molar-refractivity contribution in [2.24, 2.45) is 0 Å². The van der Waals surface area contributed by atoms with E-state index in [4.69, 9.17) is 0 Å². The predicted octanol–water partition coefficient (Wildman–Crippen LogP) is 1.42. The lowest BCUT2D eigenvalue weighted by Gasteiger charge is -2.17. The normalized spacial score (nSPS) is 20.4. The van der Waals surface area contributed by atoms with Crippen LogP contribution in [0.5, 0.6) is 0 Å². The van der Waals surface area contributed by atoms with Gasteiger partial charge in [0.05, 0.1) is 36.3 Å². The van der Waals surface area contributed by atoms with Crippen LogP contribution in [-0.2, 0) is 29.3 Å². The Morgan fingerprint density at radius 2 is 2.00 bits per heavy atom. The van der Waals surface area contributed by atoms with E-state index in [-0.39, 0.29) is 24.9 Å². The zero-order chi connectivity index (χ0) is 19.8. The molecule has 0 aliphatic carbocycles. The number of halogens is 3. The van der Waals surface area contributed by atoms with Crippen LogP contribution in [-0.4, -0.2) is 65.1 Å². The van der Waals surface area contributed by atoms with E-state index >= 15 is 0 Å². The van der Waals surface area contributed by atoms with Gasteiger partial charge in [0.2, 0.25) is 10.0 Å². The Morgan fingerprint density at radius 1 is 1.26 bits per heavy atom. The van der Waals surface area contributed by atoms with Crippen molar-refractivity contribution in [2.75, 3.05) is 26.4 Å². The quantitative estimate of drug-likeness (QED) is 0.755. The van der Waals surface area contributed by atoms with Gasteiger partial charge in [-0.25, -0.2) is 13.1 Å². The molecule has 1 atom stereocenters. The maximum Gasteiger partial charge on any atom is 0.416 e. The highest BCUT2D eigenvalue weighted by Crippen LogP contribution is 2.29. The van der Waals surface area contributed by atoms with Crippen LogP contribution in [0.3, 0.4) is 0 Å². The van der Waals surface area contributed by atoms with Gasteiger partial charge in [0.15, 0.2) is 0 Å². The molecule has 1 unspecified atom stereocenters. The number of aromatic nitrogens is 3. The van der Waals surface area contributed by atoms with Crippen molar-refractivity contribution >= 4 is 10.0 Å². The molecule has 0 radical (unpaired) electrons. The molecule has 1 saturated heterocycles. The van der Waals surface area contributed by atoms with E-state index in [1.54, 1.807) is 12.3 Å². The highest BCUT2D eigenvalue weighted by atomic mass is 32.2. The summed E-state index contributed by atoms with van der Waals surface area (Å²) in [6.07, 6.45) is -2.85. The summed E-state index contributed by atoms with van der Waals surface area (Å²) in [5.74, 6) is 0.0539. The zero-order valence-electron chi connectivity index (χ0n) is 14.9. The van der Waals surface area contributed by atoms with E-state index in [1.807, 2.05) is 19.0 Å². The molecule has 148 valence electrons. The van der Waals surface area contributed by atoms with Crippen molar-refractivity contribution < 1.29 is 21.6 Å². The van der Waals surface area contributed by atoms with E-state index in [0.717, 1.165) is 12.1 Å². The molecule has 1 aromatic heterocycles. The zero-order valence-corrected chi connectivity index (χ0v) is 15.7. The number of benzene rings is 1. The van der Waals surface area contributed by atoms with Gasteiger partial charge in [-0.05, 0) is 31.8 Å². The van der Waals surface area contributed by atoms with Crippen LogP contribution >= 0.6 is 0 Å². The summed E-state index contributed by atoms with van der Waals surface area (Å²) < 4.78 is 65.6. The highest BCUT2D eigenvalue weighted by Gasteiger charge is 2.37. The summed E-state index contributed by atoms with van der Waals surface area (Å²) >= 11 is 0. The van der Waals surface area contributed by atoms with Gasteiger partial charge in [0.25, 0.3) is 0 Å². The largest absolute Gasteiger partial charge is 0.416 e. The lowest BCUT2D eigenvalue weighted by Crippen LogP contribution is -2.32. The average molecular weight is 403 g/mol. The summed E-state index contributed by atoms with van der Waals surface area (Å²) in [4.78, 5) is 1.86. The van der Waals surface area contributed by atoms with Crippen molar-refractivity contribution in [3.05, 3.63) is 47.3 Å². The summed E-state index contributed by atoms with van der Waals surface area (Å²) in [5.41, 5.74) is 0.158. The maximum atomic E-state index is 12.8. The topological polar surface area (TPSA) is 71.3 Å². The monoisotopic (exact) mass is 403 g/mol. The van der Waals surface area contributed by atoms with Crippen LogP contribution < -0.4 is 0 Å². The molecule has 1 aliphatic rings. The second-order valence-corrected chi connectivity index (χ2v) is 8.81. The molecule has 1 fully saturated rings. The van der Waals surface area contributed by atoms with Gasteiger partial charge in [-0.1, -0.05) is 17.3 Å². The Hall–Kier alpha value is -1.98. The van der Waals surface area contributed by atoms with E-state index in [2.05, 4.69) is 10.3 Å². The molecule has 11 heteroatoms. The van der Waals surface area contributed by atoms with Crippen LogP contribution in [0.1, 0.15) is 16.8 Å². The first kappa shape index (κ1) is 19.8. The Labute approximate surface area is 155 Å². The minimum atomic E-state index is -4.41. The van der Waals surface area contributed by atoms with E-state index in [9.17, 15) is 21.6 Å². The fraction of sp³-hybridized carbons (Fsp3) is 0.500. The van der Waals surface area contributed by atoms with Crippen molar-refractivity contribution in [1.82, 2.24) is 24.2 Å². The summed E-state index contributed by atoms with van der Waals surface area (Å²) in [6.45, 7) is 0.578. The minimum Gasteiger partial charge on any atom is -0.304 e. The first-order valence-electron chi connectivity index (χ1n) is 8.24. The van der Waals surface area contributed by atoms with Crippen molar-refractivity contribution in [3.63, 3.8) is 0 Å². The van der Waals surface area contributed by atoms with E-state index < -0.39 is 21.8 Å². The predicted molar refractivity (Wildman–Crippen MR) is 92.2 cm³/mol. The van der Waals surface area contributed by atoms with E-state index in [0.29, 0.717) is 17.8 Å². The number of likely N-dealkylation sites (N-methyl/N-ethyl adjacent to an activating group) is 1. The van der Waals surface area contributed by atoms with Crippen LogP contribution in [0, 0.1) is 0 Å². The van der Waals surface area contributed by atoms with Crippen LogP contribution in [0.4, 0.5) is 13.2 Å². The van der Waals surface area contributed by atoms with Crippen molar-refractivity contribution in [2.45, 2.75) is 25.3 Å². The van der Waals surface area contributed by atoms with Crippen LogP contribution in [0.25, 0.3) is 0 Å². The number of nitrogens with zero attached hydrogens (tertiary/aromatic N) is 5. The van der Waals surface area contributed by atoms with Gasteiger partial charge < -0.3 is 4.90 Å². The first-order chi connectivity index (χ1) is 12.5. The fourth-order valence-electron chi connectivity index (χ4n) is 2.93. The molecule has 0 bridgehead atoms.